The molecule has 1 rings (SSSR count). The summed E-state index contributed by atoms with van der Waals surface area (Å²) in [5, 5.41) is 0. The molecule has 0 saturated carbocycles. The van der Waals surface area contributed by atoms with E-state index in [0.29, 0.717) is 5.89 Å². The number of allylic oxidation sites excluding steroid dienone is 1. The molecule has 1 heterocycles. The highest BCUT2D eigenvalue weighted by Gasteiger charge is 1.84. The van der Waals surface area contributed by atoms with E-state index in [1.54, 1.807) is 12.5 Å². The second-order valence-electron chi connectivity index (χ2n) is 1.68. The Morgan fingerprint density at radius 3 is 3.22 bits per heavy atom. The molecule has 48 valence electrons. The SMILES string of the molecule is CCC=Cc1ncco1. The molecule has 0 fully saturated rings. The maximum atomic E-state index is 4.94. The van der Waals surface area contributed by atoms with E-state index in [0.717, 1.165) is 6.42 Å². The fourth-order valence-corrected chi connectivity index (χ4v) is 0.535. The molecule has 9 heavy (non-hydrogen) atoms. The van der Waals surface area contributed by atoms with Crippen molar-refractivity contribution in [3.63, 3.8) is 0 Å². The molecule has 0 N–H and O–H groups in total. The van der Waals surface area contributed by atoms with E-state index in [4.69, 9.17) is 4.42 Å². The third-order valence-corrected chi connectivity index (χ3v) is 0.948. The maximum absolute atomic E-state index is 4.94. The summed E-state index contributed by atoms with van der Waals surface area (Å²) in [7, 11) is 0. The van der Waals surface area contributed by atoms with Gasteiger partial charge < -0.3 is 4.42 Å². The third kappa shape index (κ3) is 1.72. The number of hydrogen-bond acceptors (Lipinski definition) is 2. The molecule has 0 unspecified atom stereocenters. The van der Waals surface area contributed by atoms with Gasteiger partial charge in [0.2, 0.25) is 5.89 Å². The van der Waals surface area contributed by atoms with Crippen LogP contribution >= 0.6 is 0 Å². The first-order valence-electron chi connectivity index (χ1n) is 2.99. The Morgan fingerprint density at radius 1 is 1.78 bits per heavy atom. The molecule has 0 amide bonds. The molecule has 0 aromatic carbocycles. The van der Waals surface area contributed by atoms with Crippen LogP contribution in [0.3, 0.4) is 0 Å². The minimum Gasteiger partial charge on any atom is -0.445 e. The number of rotatable bonds is 2. The molecule has 0 saturated heterocycles. The molecule has 2 nitrogen and oxygen atoms in total. The predicted octanol–water partition coefficient (Wildman–Crippen LogP) is 2.10. The summed E-state index contributed by atoms with van der Waals surface area (Å²) in [4.78, 5) is 3.90. The van der Waals surface area contributed by atoms with Gasteiger partial charge in [0.15, 0.2) is 0 Å². The lowest BCUT2D eigenvalue weighted by Crippen LogP contribution is -1.65. The van der Waals surface area contributed by atoms with E-state index in [-0.39, 0.29) is 0 Å². The molecule has 1 aromatic heterocycles. The van der Waals surface area contributed by atoms with Crippen LogP contribution in [-0.4, -0.2) is 4.98 Å². The lowest BCUT2D eigenvalue weighted by atomic mass is 10.4. The zero-order valence-corrected chi connectivity index (χ0v) is 5.37. The van der Waals surface area contributed by atoms with Crippen LogP contribution in [0.2, 0.25) is 0 Å². The van der Waals surface area contributed by atoms with Crippen molar-refractivity contribution in [2.24, 2.45) is 0 Å². The second kappa shape index (κ2) is 3.07. The molecule has 0 aliphatic carbocycles. The van der Waals surface area contributed by atoms with E-state index in [1.165, 1.54) is 0 Å². The summed E-state index contributed by atoms with van der Waals surface area (Å²) in [5.74, 6) is 0.678. The fraction of sp³-hybridized carbons (Fsp3) is 0.286. The molecule has 0 atom stereocenters. The second-order valence-corrected chi connectivity index (χ2v) is 1.68. The van der Waals surface area contributed by atoms with Crippen LogP contribution in [-0.2, 0) is 0 Å². The topological polar surface area (TPSA) is 26.0 Å². The Bertz CT molecular complexity index is 177. The number of nitrogens with zero attached hydrogens (tertiary/aromatic N) is 1. The van der Waals surface area contributed by atoms with Crippen LogP contribution < -0.4 is 0 Å². The third-order valence-electron chi connectivity index (χ3n) is 0.948. The Hall–Kier alpha value is -1.05. The summed E-state index contributed by atoms with van der Waals surface area (Å²) in [6.07, 6.45) is 8.08. The summed E-state index contributed by atoms with van der Waals surface area (Å²) >= 11 is 0. The van der Waals surface area contributed by atoms with Crippen molar-refractivity contribution < 1.29 is 4.42 Å². The normalized spacial score (nSPS) is 10.8. The molecule has 0 bridgehead atoms. The first-order chi connectivity index (χ1) is 4.43. The highest BCUT2D eigenvalue weighted by atomic mass is 16.3. The standard InChI is InChI=1S/C7H9NO/c1-2-3-4-7-8-5-6-9-7/h3-6H,2H2,1H3. The van der Waals surface area contributed by atoms with Gasteiger partial charge in [-0.15, -0.1) is 0 Å². The minimum atomic E-state index is 0.678. The van der Waals surface area contributed by atoms with Gasteiger partial charge in [0.25, 0.3) is 0 Å². The highest BCUT2D eigenvalue weighted by molar-refractivity contribution is 5.36. The van der Waals surface area contributed by atoms with Gasteiger partial charge in [-0.1, -0.05) is 13.0 Å². The van der Waals surface area contributed by atoms with Crippen LogP contribution in [0, 0.1) is 0 Å². The quantitative estimate of drug-likeness (QED) is 0.601. The Morgan fingerprint density at radius 2 is 2.67 bits per heavy atom. The Balaban J connectivity index is 2.57. The molecule has 0 aliphatic heterocycles. The zero-order chi connectivity index (χ0) is 6.53. The van der Waals surface area contributed by atoms with E-state index in [9.17, 15) is 0 Å². The maximum Gasteiger partial charge on any atom is 0.218 e. The largest absolute Gasteiger partial charge is 0.445 e. The zero-order valence-electron chi connectivity index (χ0n) is 5.37. The van der Waals surface area contributed by atoms with Crippen LogP contribution in [0.5, 0.6) is 0 Å². The molecule has 0 aliphatic rings. The highest BCUT2D eigenvalue weighted by Crippen LogP contribution is 1.97. The molecular formula is C7H9NO. The van der Waals surface area contributed by atoms with Gasteiger partial charge in [0.1, 0.15) is 6.26 Å². The van der Waals surface area contributed by atoms with Crippen LogP contribution in [0.4, 0.5) is 0 Å². The summed E-state index contributed by atoms with van der Waals surface area (Å²) < 4.78 is 4.94. The first kappa shape index (κ1) is 6.08. The monoisotopic (exact) mass is 123 g/mol. The van der Waals surface area contributed by atoms with Crippen molar-refractivity contribution in [3.8, 4) is 0 Å². The van der Waals surface area contributed by atoms with Gasteiger partial charge in [0.05, 0.1) is 6.20 Å². The summed E-state index contributed by atoms with van der Waals surface area (Å²) in [6.45, 7) is 2.07. The van der Waals surface area contributed by atoms with Crippen molar-refractivity contribution in [3.05, 3.63) is 24.4 Å². The molecule has 0 spiro atoms. The van der Waals surface area contributed by atoms with Gasteiger partial charge in [-0.25, -0.2) is 4.98 Å². The van der Waals surface area contributed by atoms with E-state index in [2.05, 4.69) is 11.9 Å². The number of oxazole rings is 1. The molecule has 1 aromatic rings. The average molecular weight is 123 g/mol. The fourth-order valence-electron chi connectivity index (χ4n) is 0.535. The molecule has 2 heteroatoms. The summed E-state index contributed by atoms with van der Waals surface area (Å²) in [5.41, 5.74) is 0. The van der Waals surface area contributed by atoms with Crippen LogP contribution in [0.25, 0.3) is 6.08 Å². The van der Waals surface area contributed by atoms with Gasteiger partial charge >= 0.3 is 0 Å². The Labute approximate surface area is 54.2 Å². The van der Waals surface area contributed by atoms with Crippen LogP contribution in [0.1, 0.15) is 19.2 Å². The lowest BCUT2D eigenvalue weighted by Gasteiger charge is -1.77. The lowest BCUT2D eigenvalue weighted by molar-refractivity contribution is 0.546. The van der Waals surface area contributed by atoms with Crippen molar-refractivity contribution in [1.82, 2.24) is 4.98 Å². The van der Waals surface area contributed by atoms with Gasteiger partial charge in [-0.2, -0.15) is 0 Å². The van der Waals surface area contributed by atoms with E-state index < -0.39 is 0 Å². The van der Waals surface area contributed by atoms with Gasteiger partial charge in [-0.3, -0.25) is 0 Å². The number of aromatic nitrogens is 1. The molecular weight excluding hydrogens is 114 g/mol. The van der Waals surface area contributed by atoms with Crippen LogP contribution in [0.15, 0.2) is 23.0 Å². The average Bonchev–Trinajstić information content (AvgIpc) is 2.34. The summed E-state index contributed by atoms with van der Waals surface area (Å²) in [6, 6.07) is 0. The predicted molar refractivity (Wildman–Crippen MR) is 35.8 cm³/mol. The smallest absolute Gasteiger partial charge is 0.218 e. The Kier molecular flexibility index (Phi) is 2.07. The van der Waals surface area contributed by atoms with Gasteiger partial charge in [0, 0.05) is 0 Å². The van der Waals surface area contributed by atoms with Crippen molar-refractivity contribution in [2.45, 2.75) is 13.3 Å². The first-order valence-corrected chi connectivity index (χ1v) is 2.99. The molecule has 0 radical (unpaired) electrons. The van der Waals surface area contributed by atoms with Gasteiger partial charge in [-0.05, 0) is 12.5 Å². The number of hydrogen-bond donors (Lipinski definition) is 0. The van der Waals surface area contributed by atoms with Crippen molar-refractivity contribution in [2.75, 3.05) is 0 Å². The van der Waals surface area contributed by atoms with E-state index in [1.807, 2.05) is 12.2 Å². The van der Waals surface area contributed by atoms with Crippen molar-refractivity contribution in [1.29, 1.82) is 0 Å². The van der Waals surface area contributed by atoms with E-state index >= 15 is 0 Å². The minimum absolute atomic E-state index is 0.678. The van der Waals surface area contributed by atoms with Crippen molar-refractivity contribution >= 4 is 6.08 Å².